The van der Waals surface area contributed by atoms with Gasteiger partial charge in [-0.15, -0.1) is 0 Å². The molecule has 0 bridgehead atoms. The molecule has 2 aromatic carbocycles. The normalized spacial score (nSPS) is 24.4. The van der Waals surface area contributed by atoms with Crippen LogP contribution in [-0.2, 0) is 28.9 Å². The van der Waals surface area contributed by atoms with Gasteiger partial charge in [-0.1, -0.05) is 12.1 Å². The minimum absolute atomic E-state index is 0.0157. The summed E-state index contributed by atoms with van der Waals surface area (Å²) in [6.45, 7) is 0. The molecule has 2 aromatic rings. The number of hydrogen-bond acceptors (Lipinski definition) is 10. The van der Waals surface area contributed by atoms with Crippen molar-refractivity contribution in [2.45, 2.75) is 43.7 Å². The molecule has 12 heteroatoms. The molecule has 0 radical (unpaired) electrons. The Hall–Kier alpha value is -4.68. The van der Waals surface area contributed by atoms with Crippen LogP contribution in [0.15, 0.2) is 53.0 Å². The Bertz CT molecular complexity index is 1690. The molecule has 12 nitrogen and oxygen atoms in total. The number of anilines is 1. The van der Waals surface area contributed by atoms with Gasteiger partial charge in [-0.3, -0.25) is 19.3 Å². The number of benzene rings is 2. The zero-order chi connectivity index (χ0) is 33.1. The van der Waals surface area contributed by atoms with Crippen molar-refractivity contribution in [2.24, 2.45) is 17.6 Å². The third-order valence-corrected chi connectivity index (χ3v) is 9.37. The molecule has 45 heavy (non-hydrogen) atoms. The van der Waals surface area contributed by atoms with E-state index >= 15 is 0 Å². The number of nitrogens with zero attached hydrogens (tertiary/aromatic N) is 2. The zero-order valence-corrected chi connectivity index (χ0v) is 25.5. The highest BCUT2D eigenvalue weighted by Crippen LogP contribution is 2.53. The molecule has 7 N–H and O–H groups in total. The van der Waals surface area contributed by atoms with Crippen LogP contribution in [0.25, 0.3) is 0 Å². The van der Waals surface area contributed by atoms with Crippen molar-refractivity contribution >= 4 is 29.1 Å². The molecule has 0 aliphatic heterocycles. The Morgan fingerprint density at radius 2 is 1.67 bits per heavy atom. The number of primary amides is 1. The Balaban J connectivity index is 1.56. The number of ketones is 2. The highest BCUT2D eigenvalue weighted by molar-refractivity contribution is 6.25. The lowest BCUT2D eigenvalue weighted by Gasteiger charge is -2.50. The summed E-state index contributed by atoms with van der Waals surface area (Å²) >= 11 is 0. The lowest BCUT2D eigenvalue weighted by molar-refractivity contribution is -0.148. The minimum atomic E-state index is -2.70. The number of carbonyl (C=O) groups is 4. The molecule has 4 atom stereocenters. The number of likely N-dealkylation sites (N-methyl/N-ethyl adjacent to an activating group) is 1. The number of nitrogens with two attached hydrogens (primary N) is 1. The zero-order valence-electron chi connectivity index (χ0n) is 25.5. The van der Waals surface area contributed by atoms with Crippen LogP contribution in [0.1, 0.15) is 50.2 Å². The number of aromatic hydroxyl groups is 1. The molecule has 3 aliphatic carbocycles. The molecule has 238 valence electrons. The summed E-state index contributed by atoms with van der Waals surface area (Å²) in [6, 6.07) is 7.28. The van der Waals surface area contributed by atoms with Gasteiger partial charge < -0.3 is 36.2 Å². The second kappa shape index (κ2) is 11.4. The number of aryl methyl sites for hydroxylation is 2. The van der Waals surface area contributed by atoms with Gasteiger partial charge in [-0.25, -0.2) is 4.79 Å². The van der Waals surface area contributed by atoms with Gasteiger partial charge in [0, 0.05) is 31.3 Å². The molecule has 0 aromatic heterocycles. The number of Topliss-reactive ketones (excluding diaryl/α,β-unsaturated/α-hetero) is 2. The summed E-state index contributed by atoms with van der Waals surface area (Å²) in [5, 5.41) is 54.9. The molecule has 3 aliphatic rings. The number of hydrogen-bond donors (Lipinski definition) is 6. The van der Waals surface area contributed by atoms with E-state index in [9.17, 15) is 39.6 Å². The summed E-state index contributed by atoms with van der Waals surface area (Å²) < 4.78 is 0. The van der Waals surface area contributed by atoms with E-state index in [4.69, 9.17) is 10.8 Å². The quantitative estimate of drug-likeness (QED) is 0.236. The molecule has 1 amide bonds. The van der Waals surface area contributed by atoms with Crippen molar-refractivity contribution in [3.63, 3.8) is 0 Å². The number of carboxylic acids is 1. The Kier molecular flexibility index (Phi) is 8.01. The van der Waals surface area contributed by atoms with Crippen molar-refractivity contribution in [1.29, 1.82) is 0 Å². The van der Waals surface area contributed by atoms with Gasteiger partial charge in [0.15, 0.2) is 11.4 Å². The van der Waals surface area contributed by atoms with Gasteiger partial charge in [-0.05, 0) is 87.0 Å². The molecule has 0 saturated carbocycles. The standard InChI is InChI=1S/C33H37N3O9/c1-35(2)21-14-17(7-5-6-15-8-10-16(11-9-15)32(43)44)26(37)23-19(21)12-18-13-20-25(36(3)4)28(39)24(31(34)42)30(41)33(20,45)29(40)22(18)27(23)38/h8-11,14,18,20,25,37,39-40,45H,5-7,12-13H2,1-4H3,(H2,34,42)(H,43,44)/t18-,20-,25+,33-/m0/s1. The summed E-state index contributed by atoms with van der Waals surface area (Å²) in [7, 11) is 6.79. The largest absolute Gasteiger partial charge is 0.510 e. The van der Waals surface area contributed by atoms with Crippen molar-refractivity contribution in [3.8, 4) is 5.75 Å². The number of fused-ring (bicyclic) bond motifs is 3. The highest BCUT2D eigenvalue weighted by Gasteiger charge is 2.63. The first-order valence-electron chi connectivity index (χ1n) is 14.6. The molecular formula is C33H37N3O9. The van der Waals surface area contributed by atoms with E-state index < -0.39 is 64.0 Å². The lowest BCUT2D eigenvalue weighted by atomic mass is 9.58. The smallest absolute Gasteiger partial charge is 0.335 e. The number of phenolic OH excluding ortho intramolecular Hbond substituents is 1. The monoisotopic (exact) mass is 619 g/mol. The lowest BCUT2D eigenvalue weighted by Crippen LogP contribution is -2.63. The van der Waals surface area contributed by atoms with Gasteiger partial charge in [0.05, 0.1) is 17.2 Å². The van der Waals surface area contributed by atoms with Gasteiger partial charge in [0.1, 0.15) is 22.8 Å². The molecule has 0 fully saturated rings. The third kappa shape index (κ3) is 4.94. The first kappa shape index (κ1) is 31.7. The van der Waals surface area contributed by atoms with Crippen LogP contribution in [0, 0.1) is 11.8 Å². The van der Waals surface area contributed by atoms with Crippen LogP contribution >= 0.6 is 0 Å². The Morgan fingerprint density at radius 3 is 2.22 bits per heavy atom. The van der Waals surface area contributed by atoms with Gasteiger partial charge in [0.2, 0.25) is 5.78 Å². The average molecular weight is 620 g/mol. The van der Waals surface area contributed by atoms with E-state index in [-0.39, 0.29) is 35.3 Å². The highest BCUT2D eigenvalue weighted by atomic mass is 16.4. The topological polar surface area (TPSA) is 202 Å². The van der Waals surface area contributed by atoms with Gasteiger partial charge in [-0.2, -0.15) is 0 Å². The molecule has 5 rings (SSSR count). The average Bonchev–Trinajstić information content (AvgIpc) is 2.95. The second-order valence-electron chi connectivity index (χ2n) is 12.5. The number of allylic oxidation sites excluding steroid dienone is 1. The van der Waals surface area contributed by atoms with Crippen LogP contribution in [0.2, 0.25) is 0 Å². The van der Waals surface area contributed by atoms with Crippen molar-refractivity contribution in [1.82, 2.24) is 4.90 Å². The molecular weight excluding hydrogens is 582 g/mol. The summed E-state index contributed by atoms with van der Waals surface area (Å²) in [4.78, 5) is 54.4. The van der Waals surface area contributed by atoms with E-state index in [0.29, 0.717) is 36.1 Å². The summed E-state index contributed by atoms with van der Waals surface area (Å²) in [5.74, 6) is -7.81. The van der Waals surface area contributed by atoms with Crippen molar-refractivity contribution in [2.75, 3.05) is 33.1 Å². The molecule has 0 spiro atoms. The maximum absolute atomic E-state index is 14.2. The van der Waals surface area contributed by atoms with E-state index in [0.717, 1.165) is 5.56 Å². The summed E-state index contributed by atoms with van der Waals surface area (Å²) in [5.41, 5.74) is 4.47. The number of carbonyl (C=O) groups excluding carboxylic acids is 3. The number of rotatable bonds is 8. The SMILES string of the molecule is CN(C)c1cc(CCCc2ccc(C(=O)O)cc2)c(O)c2c1C[C@H]1C[C@H]3[C@@H](N(C)C)C(O)=C(C(N)=O)C(=O)[C@@]3(O)C(O)=C1C2=O. The molecule has 0 saturated heterocycles. The van der Waals surface area contributed by atoms with Gasteiger partial charge >= 0.3 is 5.97 Å². The van der Waals surface area contributed by atoms with E-state index in [1.165, 1.54) is 17.0 Å². The van der Waals surface area contributed by atoms with E-state index in [1.54, 1.807) is 26.2 Å². The predicted octanol–water partition coefficient (Wildman–Crippen LogP) is 2.06. The number of aliphatic hydroxyl groups excluding tert-OH is 2. The second-order valence-corrected chi connectivity index (χ2v) is 12.5. The fourth-order valence-electron chi connectivity index (χ4n) is 7.24. The maximum Gasteiger partial charge on any atom is 0.335 e. The number of aromatic carboxylic acids is 1. The fraction of sp³-hybridized carbons (Fsp3) is 0.394. The molecule has 0 heterocycles. The van der Waals surface area contributed by atoms with Crippen LogP contribution in [0.5, 0.6) is 5.75 Å². The van der Waals surface area contributed by atoms with Crippen molar-refractivity contribution < 1.29 is 44.7 Å². The fourth-order valence-corrected chi connectivity index (χ4v) is 7.24. The molecule has 0 unspecified atom stereocenters. The van der Waals surface area contributed by atoms with Crippen LogP contribution in [-0.4, -0.2) is 93.7 Å². The maximum atomic E-state index is 14.2. The van der Waals surface area contributed by atoms with Crippen molar-refractivity contribution in [3.05, 3.63) is 80.8 Å². The third-order valence-electron chi connectivity index (χ3n) is 9.37. The number of phenols is 1. The first-order valence-corrected chi connectivity index (χ1v) is 14.6. The van der Waals surface area contributed by atoms with Crippen LogP contribution < -0.4 is 10.6 Å². The van der Waals surface area contributed by atoms with Gasteiger partial charge in [0.25, 0.3) is 5.91 Å². The number of aliphatic hydroxyl groups is 3. The number of amides is 1. The minimum Gasteiger partial charge on any atom is -0.510 e. The Labute approximate surface area is 259 Å². The van der Waals surface area contributed by atoms with Crippen LogP contribution in [0.3, 0.4) is 0 Å². The van der Waals surface area contributed by atoms with Crippen LogP contribution in [0.4, 0.5) is 5.69 Å². The first-order chi connectivity index (χ1) is 21.1. The summed E-state index contributed by atoms with van der Waals surface area (Å²) in [6.07, 6.45) is 1.75. The van der Waals surface area contributed by atoms with E-state index in [1.807, 2.05) is 25.1 Å². The van der Waals surface area contributed by atoms with E-state index in [2.05, 4.69) is 0 Å². The predicted molar refractivity (Wildman–Crippen MR) is 163 cm³/mol. The Morgan fingerprint density at radius 1 is 1.02 bits per heavy atom. The number of carboxylic acid groups (broad SMARTS) is 1.